The van der Waals surface area contributed by atoms with Gasteiger partial charge >= 0.3 is 22.5 Å². The summed E-state index contributed by atoms with van der Waals surface area (Å²) in [6, 6.07) is 21.7. The van der Waals surface area contributed by atoms with Crippen molar-refractivity contribution in [3.05, 3.63) is 154 Å². The highest BCUT2D eigenvalue weighted by molar-refractivity contribution is 5.99. The summed E-state index contributed by atoms with van der Waals surface area (Å²) in [5.41, 5.74) is 5.28. The molecule has 0 spiro atoms. The first kappa shape index (κ1) is 72.9. The molecule has 8 aromatic rings. The normalized spacial score (nSPS) is 13.5. The van der Waals surface area contributed by atoms with Gasteiger partial charge in [-0.2, -0.15) is 0 Å². The number of anilines is 2. The van der Waals surface area contributed by atoms with Crippen molar-refractivity contribution in [1.82, 2.24) is 31.9 Å². The number of nitrogens with one attached hydrogen (secondary N) is 6. The van der Waals surface area contributed by atoms with Crippen LogP contribution in [-0.2, 0) is 44.8 Å². The molecule has 25 heteroatoms. The van der Waals surface area contributed by atoms with Gasteiger partial charge in [0.25, 0.3) is 11.8 Å². The molecular formula is C70H86N8O17. The van der Waals surface area contributed by atoms with Crippen LogP contribution < -0.4 is 78.4 Å². The lowest BCUT2D eigenvalue weighted by Gasteiger charge is -2.37. The van der Waals surface area contributed by atoms with E-state index in [1.54, 1.807) is 78.8 Å². The van der Waals surface area contributed by atoms with Crippen LogP contribution in [0.5, 0.6) is 17.2 Å². The number of ether oxygens (including phenoxy) is 4. The van der Waals surface area contributed by atoms with Crippen LogP contribution in [0.25, 0.3) is 43.9 Å². The molecule has 0 saturated heterocycles. The Bertz CT molecular complexity index is 4320. The Labute approximate surface area is 549 Å². The van der Waals surface area contributed by atoms with Gasteiger partial charge in [0.05, 0.1) is 39.5 Å². The molecule has 4 aromatic carbocycles. The molecule has 2 amide bonds. The molecule has 0 aliphatic carbocycles. The highest BCUT2D eigenvalue weighted by atomic mass is 16.5. The third-order valence-electron chi connectivity index (χ3n) is 16.8. The summed E-state index contributed by atoms with van der Waals surface area (Å²) in [6.45, 7) is 12.5. The molecule has 25 nitrogen and oxygen atoms in total. The quantitative estimate of drug-likeness (QED) is 0.0298. The zero-order valence-corrected chi connectivity index (χ0v) is 56.1. The number of Topliss-reactive ketones (excluding diaryl/α,β-unsaturated/α-hetero) is 3. The second-order valence-corrected chi connectivity index (χ2v) is 22.7. The van der Waals surface area contributed by atoms with E-state index in [0.717, 1.165) is 73.9 Å². The first-order chi connectivity index (χ1) is 45.6. The molecule has 6 N–H and O–H groups in total. The van der Waals surface area contributed by atoms with Crippen molar-refractivity contribution in [3.8, 4) is 17.2 Å². The molecular weight excluding hydrogens is 1220 g/mol. The van der Waals surface area contributed by atoms with Crippen molar-refractivity contribution in [1.29, 1.82) is 0 Å². The number of carbonyl (C=O) groups is 5. The van der Waals surface area contributed by atoms with Crippen molar-refractivity contribution < 1.29 is 60.6 Å². The van der Waals surface area contributed by atoms with Gasteiger partial charge in [0.2, 0.25) is 0 Å². The molecule has 0 fully saturated rings. The molecule has 508 valence electrons. The van der Waals surface area contributed by atoms with Crippen LogP contribution in [-0.4, -0.2) is 149 Å². The van der Waals surface area contributed by atoms with Crippen molar-refractivity contribution in [2.45, 2.75) is 97.5 Å². The van der Waals surface area contributed by atoms with E-state index in [1.165, 1.54) is 52.3 Å². The Morgan fingerprint density at radius 2 is 1.03 bits per heavy atom. The summed E-state index contributed by atoms with van der Waals surface area (Å²) in [5.74, 6) is 0.406. The number of amides is 2. The number of hydrogen-bond acceptors (Lipinski definition) is 23. The standard InChI is InChI=1S/C21H25N3O4.C19H25N3O4.C16H19NO5.C14H17NO4/c1-12(25)17(22-2)11-23-20(26)16-10-14-9-13-5-3-7-24-8-4-6-15(18(13)24)19(14)28-21(16)27;1-5-22(6-2)14-8-7-13-9-15(19(25)26-17(13)10-14)18(24)21-11-16(20-4)12(3)23;1-9(18)12(17-2)6-11-5-10-7-14(20-3)15(21-4)8-13(10)22-16(11)19;1-15-13(18-3)7-10-6-9-4-5-11(17-2)8-12(9)19-14(10)16/h9-10,17,22H,3-8,11H2,1-2H3,(H,23,26);7-10,16,20H,5-6,11H2,1-4H3,(H,21,24);5,7-8,12,17H,6H2,1-4H3;4-6,8,13,15H,7H2,1-3H3/t17-;16-;12-;13-/m0001/s1. The van der Waals surface area contributed by atoms with Gasteiger partial charge in [0.15, 0.2) is 11.5 Å². The highest BCUT2D eigenvalue weighted by Gasteiger charge is 2.29. The Balaban J connectivity index is 0.000000181. The molecule has 0 bridgehead atoms. The second-order valence-electron chi connectivity index (χ2n) is 22.7. The van der Waals surface area contributed by atoms with Crippen LogP contribution in [0.2, 0.25) is 0 Å². The smallest absolute Gasteiger partial charge is 0.349 e. The summed E-state index contributed by atoms with van der Waals surface area (Å²) < 4.78 is 42.3. The van der Waals surface area contributed by atoms with Gasteiger partial charge < -0.3 is 73.0 Å². The van der Waals surface area contributed by atoms with Crippen LogP contribution in [0.1, 0.15) is 90.4 Å². The van der Waals surface area contributed by atoms with E-state index in [1.807, 2.05) is 30.3 Å². The monoisotopic (exact) mass is 1310 g/mol. The number of benzene rings is 4. The summed E-state index contributed by atoms with van der Waals surface area (Å²) >= 11 is 0. The number of methoxy groups -OCH3 is 4. The van der Waals surface area contributed by atoms with Crippen molar-refractivity contribution in [2.75, 3.05) is 106 Å². The van der Waals surface area contributed by atoms with E-state index in [9.17, 15) is 43.2 Å². The van der Waals surface area contributed by atoms with Crippen LogP contribution in [0.3, 0.4) is 0 Å². The number of carbonyl (C=O) groups excluding carboxylic acids is 5. The molecule has 2 aliphatic rings. The maximum absolute atomic E-state index is 12.5. The van der Waals surface area contributed by atoms with Crippen molar-refractivity contribution in [3.63, 3.8) is 0 Å². The minimum atomic E-state index is -0.699. The molecule has 6 heterocycles. The number of likely N-dealkylation sites (N-methyl/N-ethyl adjacent to an activating group) is 4. The molecule has 0 unspecified atom stereocenters. The fourth-order valence-corrected chi connectivity index (χ4v) is 11.3. The molecule has 0 saturated carbocycles. The van der Waals surface area contributed by atoms with E-state index in [-0.39, 0.29) is 59.8 Å². The molecule has 10 rings (SSSR count). The largest absolute Gasteiger partial charge is 0.497 e. The Morgan fingerprint density at radius 3 is 1.58 bits per heavy atom. The summed E-state index contributed by atoms with van der Waals surface area (Å²) in [4.78, 5) is 113. The SMILES string of the molecule is CCN(CC)c1ccc2cc(C(=O)NC[C@H](NC)C(C)=O)c(=O)oc2c1.CN[C@@H](CNC(=O)c1cc2cc3c4c(c2oc1=O)CCCN4CCC3)C(C)=O.CN[C@@H](Cc1cc2cc(OC)c(OC)cc2oc1=O)C(C)=O.CN[C@@H](Cc1cc2ccc(OC)cc2oc1=O)OC. The minimum Gasteiger partial charge on any atom is -0.497 e. The lowest BCUT2D eigenvalue weighted by molar-refractivity contribution is -0.119. The first-order valence-electron chi connectivity index (χ1n) is 31.4. The average Bonchev–Trinajstić information content (AvgIpc) is 0.752. The van der Waals surface area contributed by atoms with Gasteiger partial charge in [-0.3, -0.25) is 29.3 Å². The fraction of sp³-hybridized carbons (Fsp3) is 0.414. The van der Waals surface area contributed by atoms with Crippen molar-refractivity contribution >= 4 is 84.4 Å². The lowest BCUT2D eigenvalue weighted by atomic mass is 9.90. The molecule has 2 aliphatic heterocycles. The van der Waals surface area contributed by atoms with E-state index in [4.69, 9.17) is 36.6 Å². The molecule has 0 radical (unpaired) electrons. The van der Waals surface area contributed by atoms with E-state index in [0.29, 0.717) is 67.9 Å². The maximum Gasteiger partial charge on any atom is 0.349 e. The Kier molecular flexibility index (Phi) is 26.1. The molecule has 95 heavy (non-hydrogen) atoms. The Morgan fingerprint density at radius 1 is 0.526 bits per heavy atom. The number of aryl methyl sites for hydroxylation is 2. The van der Waals surface area contributed by atoms with Gasteiger partial charge in [-0.05, 0) is 155 Å². The summed E-state index contributed by atoms with van der Waals surface area (Å²) in [7, 11) is 13.0. The lowest BCUT2D eigenvalue weighted by Crippen LogP contribution is -2.44. The number of ketones is 3. The number of rotatable bonds is 24. The first-order valence-corrected chi connectivity index (χ1v) is 31.4. The Hall–Kier alpha value is -9.53. The van der Waals surface area contributed by atoms with E-state index in [2.05, 4.69) is 61.6 Å². The van der Waals surface area contributed by atoms with E-state index < -0.39 is 46.8 Å². The van der Waals surface area contributed by atoms with Gasteiger partial charge in [0, 0.05) is 127 Å². The van der Waals surface area contributed by atoms with Gasteiger partial charge in [-0.1, -0.05) is 0 Å². The zero-order chi connectivity index (χ0) is 69.2. The highest BCUT2D eigenvalue weighted by Crippen LogP contribution is 2.40. The van der Waals surface area contributed by atoms with E-state index >= 15 is 0 Å². The fourth-order valence-electron chi connectivity index (χ4n) is 11.3. The molecule has 4 aromatic heterocycles. The number of hydrogen-bond donors (Lipinski definition) is 6. The summed E-state index contributed by atoms with van der Waals surface area (Å²) in [6.07, 6.45) is 4.55. The number of fused-ring (bicyclic) bond motifs is 5. The molecule has 4 atom stereocenters. The predicted octanol–water partition coefficient (Wildman–Crippen LogP) is 6.01. The zero-order valence-electron chi connectivity index (χ0n) is 56.1. The van der Waals surface area contributed by atoms with Crippen LogP contribution >= 0.6 is 0 Å². The van der Waals surface area contributed by atoms with Crippen LogP contribution in [0, 0.1) is 0 Å². The number of nitrogens with zero attached hydrogens (tertiary/aromatic N) is 2. The van der Waals surface area contributed by atoms with Gasteiger partial charge in [0.1, 0.15) is 62.8 Å². The predicted molar refractivity (Wildman–Crippen MR) is 365 cm³/mol. The van der Waals surface area contributed by atoms with Crippen molar-refractivity contribution in [2.24, 2.45) is 0 Å². The minimum absolute atomic E-state index is 0.0264. The van der Waals surface area contributed by atoms with Crippen LogP contribution in [0.15, 0.2) is 116 Å². The second kappa shape index (κ2) is 34.0. The third-order valence-corrected chi connectivity index (χ3v) is 16.8. The van der Waals surface area contributed by atoms with Gasteiger partial charge in [-0.25, -0.2) is 19.2 Å². The maximum atomic E-state index is 12.5. The van der Waals surface area contributed by atoms with Gasteiger partial charge in [-0.15, -0.1) is 0 Å². The van der Waals surface area contributed by atoms with Crippen LogP contribution in [0.4, 0.5) is 11.4 Å². The summed E-state index contributed by atoms with van der Waals surface area (Å²) in [5, 5.41) is 19.8. The average molecular weight is 1310 g/mol. The third kappa shape index (κ3) is 18.0. The topological polar surface area (TPSA) is 322 Å².